The highest BCUT2D eigenvalue weighted by atomic mass is 16.4. The van der Waals surface area contributed by atoms with Gasteiger partial charge < -0.3 is 5.11 Å². The summed E-state index contributed by atoms with van der Waals surface area (Å²) < 4.78 is 0. The number of hydrogen-bond donors (Lipinski definition) is 1. The third kappa shape index (κ3) is 3.65. The van der Waals surface area contributed by atoms with Crippen LogP contribution in [0.1, 0.15) is 30.4 Å². The van der Waals surface area contributed by atoms with Crippen molar-refractivity contribution in [1.29, 1.82) is 0 Å². The maximum absolute atomic E-state index is 11.5. The topological polar surface area (TPSA) is 37.3 Å². The van der Waals surface area contributed by atoms with Gasteiger partial charge in [0.15, 0.2) is 0 Å². The molecule has 0 aliphatic heterocycles. The summed E-state index contributed by atoms with van der Waals surface area (Å²) in [7, 11) is 0. The summed E-state index contributed by atoms with van der Waals surface area (Å²) in [5.41, 5.74) is 2.39. The Labute approximate surface area is 142 Å². The molecule has 2 atom stereocenters. The van der Waals surface area contributed by atoms with E-state index in [-0.39, 0.29) is 18.3 Å². The average molecular weight is 318 g/mol. The number of fused-ring (bicyclic) bond motifs is 1. The van der Waals surface area contributed by atoms with Crippen molar-refractivity contribution in [3.05, 3.63) is 83.9 Å². The molecule has 0 fully saturated rings. The van der Waals surface area contributed by atoms with Gasteiger partial charge in [0.2, 0.25) is 0 Å². The molecule has 2 heteroatoms. The van der Waals surface area contributed by atoms with E-state index in [1.165, 1.54) is 5.56 Å². The second-order valence-corrected chi connectivity index (χ2v) is 6.44. The summed E-state index contributed by atoms with van der Waals surface area (Å²) in [6.45, 7) is 2.16. The van der Waals surface area contributed by atoms with Crippen molar-refractivity contribution in [2.75, 3.05) is 0 Å². The van der Waals surface area contributed by atoms with Gasteiger partial charge >= 0.3 is 5.97 Å². The van der Waals surface area contributed by atoms with Crippen LogP contribution >= 0.6 is 0 Å². The number of hydrogen-bond acceptors (Lipinski definition) is 1. The van der Waals surface area contributed by atoms with Gasteiger partial charge in [0.05, 0.1) is 6.42 Å². The maximum atomic E-state index is 11.5. The lowest BCUT2D eigenvalue weighted by Gasteiger charge is -2.24. The molecule has 2 unspecified atom stereocenters. The minimum Gasteiger partial charge on any atom is -0.481 e. The monoisotopic (exact) mass is 318 g/mol. The third-order valence-electron chi connectivity index (χ3n) is 4.70. The molecule has 0 radical (unpaired) electrons. The second kappa shape index (κ2) is 7.31. The number of benzene rings is 3. The van der Waals surface area contributed by atoms with Crippen LogP contribution in [-0.2, 0) is 11.2 Å². The van der Waals surface area contributed by atoms with E-state index in [2.05, 4.69) is 43.3 Å². The molecular weight excluding hydrogens is 296 g/mol. The lowest BCUT2D eigenvalue weighted by molar-refractivity contribution is -0.137. The van der Waals surface area contributed by atoms with Crippen molar-refractivity contribution < 1.29 is 9.90 Å². The Kier molecular flexibility index (Phi) is 4.95. The molecule has 24 heavy (non-hydrogen) atoms. The highest BCUT2D eigenvalue weighted by Gasteiger charge is 2.24. The first-order chi connectivity index (χ1) is 11.6. The molecule has 0 amide bonds. The van der Waals surface area contributed by atoms with Crippen LogP contribution in [-0.4, -0.2) is 11.1 Å². The van der Waals surface area contributed by atoms with E-state index in [0.29, 0.717) is 0 Å². The Morgan fingerprint density at radius 2 is 1.58 bits per heavy atom. The van der Waals surface area contributed by atoms with Crippen LogP contribution in [0.5, 0.6) is 0 Å². The molecule has 122 valence electrons. The lowest BCUT2D eigenvalue weighted by atomic mass is 9.79. The van der Waals surface area contributed by atoms with Crippen LogP contribution in [0, 0.1) is 5.92 Å². The Hall–Kier alpha value is -2.61. The van der Waals surface area contributed by atoms with Gasteiger partial charge in [-0.25, -0.2) is 0 Å². The standard InChI is InChI=1S/C22H22O2/c1-16(14-17-8-3-2-4-9-17)21(15-22(23)24)20-13-7-11-18-10-5-6-12-19(18)20/h2-13,16,21H,14-15H2,1H3,(H,23,24). The van der Waals surface area contributed by atoms with E-state index >= 15 is 0 Å². The molecule has 0 aliphatic rings. The van der Waals surface area contributed by atoms with Gasteiger partial charge in [0, 0.05) is 0 Å². The quantitative estimate of drug-likeness (QED) is 0.671. The highest BCUT2D eigenvalue weighted by Crippen LogP contribution is 2.35. The number of carboxylic acids is 1. The van der Waals surface area contributed by atoms with E-state index in [1.54, 1.807) is 0 Å². The van der Waals surface area contributed by atoms with Crippen LogP contribution in [0.3, 0.4) is 0 Å². The minimum atomic E-state index is -0.743. The molecule has 2 nitrogen and oxygen atoms in total. The molecule has 0 saturated heterocycles. The Morgan fingerprint density at radius 3 is 2.33 bits per heavy atom. The van der Waals surface area contributed by atoms with Crippen LogP contribution in [0.4, 0.5) is 0 Å². The molecule has 3 aromatic rings. The first-order valence-corrected chi connectivity index (χ1v) is 8.38. The Bertz CT molecular complexity index is 818. The summed E-state index contributed by atoms with van der Waals surface area (Å²) in [6, 6.07) is 24.7. The Balaban J connectivity index is 1.97. The van der Waals surface area contributed by atoms with Crippen LogP contribution in [0.25, 0.3) is 10.8 Å². The number of carboxylic acid groups (broad SMARTS) is 1. The van der Waals surface area contributed by atoms with Gasteiger partial charge in [0.1, 0.15) is 0 Å². The van der Waals surface area contributed by atoms with Crippen molar-refractivity contribution in [3.8, 4) is 0 Å². The fourth-order valence-electron chi connectivity index (χ4n) is 3.51. The Morgan fingerprint density at radius 1 is 0.917 bits per heavy atom. The van der Waals surface area contributed by atoms with Gasteiger partial charge in [0.25, 0.3) is 0 Å². The molecule has 0 aliphatic carbocycles. The zero-order valence-electron chi connectivity index (χ0n) is 13.9. The predicted octanol–water partition coefficient (Wildman–Crippen LogP) is 5.28. The van der Waals surface area contributed by atoms with Gasteiger partial charge in [-0.3, -0.25) is 4.79 Å². The van der Waals surface area contributed by atoms with E-state index in [0.717, 1.165) is 22.8 Å². The van der Waals surface area contributed by atoms with E-state index < -0.39 is 5.97 Å². The summed E-state index contributed by atoms with van der Waals surface area (Å²) in [4.78, 5) is 11.5. The van der Waals surface area contributed by atoms with E-state index in [1.807, 2.05) is 36.4 Å². The first kappa shape index (κ1) is 16.3. The summed E-state index contributed by atoms with van der Waals surface area (Å²) in [5, 5.41) is 11.8. The van der Waals surface area contributed by atoms with Gasteiger partial charge in [-0.05, 0) is 40.2 Å². The molecule has 0 saturated carbocycles. The number of rotatable bonds is 6. The van der Waals surface area contributed by atoms with Crippen molar-refractivity contribution in [2.45, 2.75) is 25.7 Å². The minimum absolute atomic E-state index is 0.00574. The normalized spacial score (nSPS) is 13.5. The molecule has 0 heterocycles. The van der Waals surface area contributed by atoms with Crippen LogP contribution < -0.4 is 0 Å². The second-order valence-electron chi connectivity index (χ2n) is 6.44. The van der Waals surface area contributed by atoms with Crippen molar-refractivity contribution >= 4 is 16.7 Å². The zero-order valence-corrected chi connectivity index (χ0v) is 13.9. The summed E-state index contributed by atoms with van der Waals surface area (Å²) in [6.07, 6.45) is 1.03. The molecule has 3 aromatic carbocycles. The highest BCUT2D eigenvalue weighted by molar-refractivity contribution is 5.86. The molecule has 0 aromatic heterocycles. The maximum Gasteiger partial charge on any atom is 0.303 e. The average Bonchev–Trinajstić information content (AvgIpc) is 2.60. The SMILES string of the molecule is CC(Cc1ccccc1)C(CC(=O)O)c1cccc2ccccc12. The van der Waals surface area contributed by atoms with Gasteiger partial charge in [-0.15, -0.1) is 0 Å². The first-order valence-electron chi connectivity index (χ1n) is 8.38. The number of aliphatic carboxylic acids is 1. The largest absolute Gasteiger partial charge is 0.481 e. The molecule has 1 N–H and O–H groups in total. The van der Waals surface area contributed by atoms with E-state index in [4.69, 9.17) is 0 Å². The van der Waals surface area contributed by atoms with Crippen LogP contribution in [0.2, 0.25) is 0 Å². The van der Waals surface area contributed by atoms with Crippen molar-refractivity contribution in [1.82, 2.24) is 0 Å². The van der Waals surface area contributed by atoms with Gasteiger partial charge in [-0.2, -0.15) is 0 Å². The molecule has 0 bridgehead atoms. The van der Waals surface area contributed by atoms with Crippen LogP contribution in [0.15, 0.2) is 72.8 Å². The summed E-state index contributed by atoms with van der Waals surface area (Å²) in [5.74, 6) is -0.504. The molecule has 0 spiro atoms. The fraction of sp³-hybridized carbons (Fsp3) is 0.227. The van der Waals surface area contributed by atoms with Crippen molar-refractivity contribution in [3.63, 3.8) is 0 Å². The lowest BCUT2D eigenvalue weighted by Crippen LogP contribution is -2.17. The van der Waals surface area contributed by atoms with E-state index in [9.17, 15) is 9.90 Å². The van der Waals surface area contributed by atoms with Gasteiger partial charge in [-0.1, -0.05) is 79.7 Å². The predicted molar refractivity (Wildman–Crippen MR) is 98.3 cm³/mol. The third-order valence-corrected chi connectivity index (χ3v) is 4.70. The fourth-order valence-corrected chi connectivity index (χ4v) is 3.51. The zero-order chi connectivity index (χ0) is 16.9. The molecule has 3 rings (SSSR count). The van der Waals surface area contributed by atoms with Crippen molar-refractivity contribution in [2.24, 2.45) is 5.92 Å². The summed E-state index contributed by atoms with van der Waals surface area (Å²) >= 11 is 0. The number of carbonyl (C=O) groups is 1. The smallest absolute Gasteiger partial charge is 0.303 e. The molecular formula is C22H22O2.